The number of aromatic nitrogens is 1. The molecule has 2 aromatic rings. The minimum Gasteiger partial charge on any atom is -0.478 e. The summed E-state index contributed by atoms with van der Waals surface area (Å²) in [5.74, 6) is -0.867. The fourth-order valence-electron chi connectivity index (χ4n) is 2.85. The number of anilines is 1. The lowest BCUT2D eigenvalue weighted by atomic mass is 10.1. The zero-order chi connectivity index (χ0) is 14.4. The molecule has 1 aromatic carbocycles. The maximum Gasteiger partial charge on any atom is 0.333 e. The van der Waals surface area contributed by atoms with E-state index in [9.17, 15) is 9.90 Å². The molecule has 0 atom stereocenters. The first kappa shape index (κ1) is 11.9. The van der Waals surface area contributed by atoms with E-state index in [-0.39, 0.29) is 0 Å². The SMILES string of the molecule is O=C(O)C1=CN2C(=CC=Cc3c2ccc2cccnc32)C1. The third-order valence-corrected chi connectivity index (χ3v) is 3.84. The predicted molar refractivity (Wildman–Crippen MR) is 81.7 cm³/mol. The molecule has 1 aromatic heterocycles. The molecule has 4 heteroatoms. The molecule has 0 saturated heterocycles. The highest BCUT2D eigenvalue weighted by Crippen LogP contribution is 2.38. The minimum absolute atomic E-state index is 0.406. The number of hydrogen-bond donors (Lipinski definition) is 1. The van der Waals surface area contributed by atoms with Crippen LogP contribution in [0.4, 0.5) is 5.69 Å². The molecule has 1 N–H and O–H groups in total. The molecule has 0 aliphatic carbocycles. The molecule has 0 bridgehead atoms. The Hall–Kier alpha value is -2.88. The van der Waals surface area contributed by atoms with Gasteiger partial charge in [0.2, 0.25) is 0 Å². The summed E-state index contributed by atoms with van der Waals surface area (Å²) in [6.45, 7) is 0. The van der Waals surface area contributed by atoms with Gasteiger partial charge in [-0.3, -0.25) is 4.98 Å². The maximum atomic E-state index is 11.2. The molecule has 0 unspecified atom stereocenters. The van der Waals surface area contributed by atoms with Crippen LogP contribution in [-0.2, 0) is 4.79 Å². The molecule has 21 heavy (non-hydrogen) atoms. The standard InChI is InChI=1S/C17H12N2O2/c20-17(21)12-9-13-4-1-5-14-15(19(13)10-12)7-6-11-3-2-8-18-16(11)14/h1-8,10H,9H2,(H,20,21). The number of nitrogens with zero attached hydrogens (tertiary/aromatic N) is 2. The minimum atomic E-state index is -0.867. The highest BCUT2D eigenvalue weighted by molar-refractivity contribution is 5.97. The van der Waals surface area contributed by atoms with Gasteiger partial charge in [-0.1, -0.05) is 24.3 Å². The normalized spacial score (nSPS) is 16.1. The molecule has 2 aliphatic heterocycles. The Balaban J connectivity index is 1.96. The molecule has 0 spiro atoms. The van der Waals surface area contributed by atoms with Gasteiger partial charge in [0.1, 0.15) is 0 Å². The zero-order valence-electron chi connectivity index (χ0n) is 11.2. The number of pyridine rings is 1. The summed E-state index contributed by atoms with van der Waals surface area (Å²) in [6.07, 6.45) is 9.87. The van der Waals surface area contributed by atoms with Crippen molar-refractivity contribution in [3.63, 3.8) is 0 Å². The van der Waals surface area contributed by atoms with E-state index < -0.39 is 5.97 Å². The van der Waals surface area contributed by atoms with E-state index in [2.05, 4.69) is 4.98 Å². The lowest BCUT2D eigenvalue weighted by molar-refractivity contribution is -0.132. The molecule has 4 rings (SSSR count). The van der Waals surface area contributed by atoms with Crippen LogP contribution in [0.2, 0.25) is 0 Å². The van der Waals surface area contributed by atoms with Gasteiger partial charge in [-0.2, -0.15) is 0 Å². The van der Waals surface area contributed by atoms with Crippen LogP contribution in [0, 0.1) is 0 Å². The quantitative estimate of drug-likeness (QED) is 0.868. The Morgan fingerprint density at radius 1 is 1.29 bits per heavy atom. The van der Waals surface area contributed by atoms with Crippen LogP contribution in [0.25, 0.3) is 17.0 Å². The Labute approximate surface area is 121 Å². The van der Waals surface area contributed by atoms with Gasteiger partial charge in [-0.25, -0.2) is 4.79 Å². The molecular weight excluding hydrogens is 264 g/mol. The molecule has 0 saturated carbocycles. The van der Waals surface area contributed by atoms with E-state index in [1.165, 1.54) is 0 Å². The summed E-state index contributed by atoms with van der Waals surface area (Å²) >= 11 is 0. The van der Waals surface area contributed by atoms with E-state index >= 15 is 0 Å². The molecule has 0 fully saturated rings. The van der Waals surface area contributed by atoms with E-state index in [1.807, 2.05) is 47.4 Å². The molecule has 0 radical (unpaired) electrons. The number of fused-ring (bicyclic) bond motifs is 5. The first-order chi connectivity index (χ1) is 10.2. The molecule has 3 heterocycles. The molecule has 102 valence electrons. The average Bonchev–Trinajstić information content (AvgIpc) is 2.84. The van der Waals surface area contributed by atoms with Gasteiger partial charge < -0.3 is 10.0 Å². The first-order valence-electron chi connectivity index (χ1n) is 6.72. The molecule has 2 aliphatic rings. The van der Waals surface area contributed by atoms with E-state index in [4.69, 9.17) is 0 Å². The van der Waals surface area contributed by atoms with Gasteiger partial charge in [-0.15, -0.1) is 0 Å². The van der Waals surface area contributed by atoms with Crippen molar-refractivity contribution in [2.75, 3.05) is 4.90 Å². The van der Waals surface area contributed by atoms with Crippen LogP contribution in [0.1, 0.15) is 12.0 Å². The lowest BCUT2D eigenvalue weighted by Crippen LogP contribution is -2.11. The largest absolute Gasteiger partial charge is 0.478 e. The van der Waals surface area contributed by atoms with E-state index in [0.29, 0.717) is 12.0 Å². The van der Waals surface area contributed by atoms with Crippen LogP contribution in [0.5, 0.6) is 0 Å². The van der Waals surface area contributed by atoms with Gasteiger partial charge in [0.25, 0.3) is 0 Å². The number of rotatable bonds is 1. The Morgan fingerprint density at radius 3 is 3.05 bits per heavy atom. The summed E-state index contributed by atoms with van der Waals surface area (Å²) in [5, 5.41) is 10.3. The summed E-state index contributed by atoms with van der Waals surface area (Å²) in [4.78, 5) is 17.6. The van der Waals surface area contributed by atoms with Crippen molar-refractivity contribution >= 4 is 28.6 Å². The van der Waals surface area contributed by atoms with Crippen molar-refractivity contribution in [1.29, 1.82) is 0 Å². The van der Waals surface area contributed by atoms with Gasteiger partial charge in [0.15, 0.2) is 0 Å². The van der Waals surface area contributed by atoms with Gasteiger partial charge in [0, 0.05) is 35.5 Å². The molecule has 0 amide bonds. The smallest absolute Gasteiger partial charge is 0.333 e. The van der Waals surface area contributed by atoms with Crippen molar-refractivity contribution < 1.29 is 9.90 Å². The number of carboxylic acid groups (broad SMARTS) is 1. The molecular formula is C17H12N2O2. The monoisotopic (exact) mass is 276 g/mol. The van der Waals surface area contributed by atoms with Crippen molar-refractivity contribution in [3.05, 3.63) is 65.6 Å². The van der Waals surface area contributed by atoms with Crippen LogP contribution in [-0.4, -0.2) is 16.1 Å². The second kappa shape index (κ2) is 4.31. The Morgan fingerprint density at radius 2 is 2.19 bits per heavy atom. The van der Waals surface area contributed by atoms with Crippen molar-refractivity contribution in [1.82, 2.24) is 4.98 Å². The van der Waals surface area contributed by atoms with Crippen LogP contribution < -0.4 is 4.90 Å². The number of carbonyl (C=O) groups is 1. The zero-order valence-corrected chi connectivity index (χ0v) is 11.2. The topological polar surface area (TPSA) is 53.4 Å². The van der Waals surface area contributed by atoms with Crippen LogP contribution >= 0.6 is 0 Å². The number of carboxylic acids is 1. The van der Waals surface area contributed by atoms with Crippen molar-refractivity contribution in [3.8, 4) is 0 Å². The summed E-state index contributed by atoms with van der Waals surface area (Å²) in [7, 11) is 0. The summed E-state index contributed by atoms with van der Waals surface area (Å²) in [6, 6.07) is 7.98. The van der Waals surface area contributed by atoms with Crippen molar-refractivity contribution in [2.45, 2.75) is 6.42 Å². The van der Waals surface area contributed by atoms with Crippen LogP contribution in [0.15, 0.2) is 60.1 Å². The fourth-order valence-corrected chi connectivity index (χ4v) is 2.85. The van der Waals surface area contributed by atoms with E-state index in [0.717, 1.165) is 27.9 Å². The highest BCUT2D eigenvalue weighted by atomic mass is 16.4. The summed E-state index contributed by atoms with van der Waals surface area (Å²) < 4.78 is 0. The second-order valence-corrected chi connectivity index (χ2v) is 5.10. The number of aliphatic carboxylic acids is 1. The van der Waals surface area contributed by atoms with Gasteiger partial charge >= 0.3 is 5.97 Å². The second-order valence-electron chi connectivity index (χ2n) is 5.10. The predicted octanol–water partition coefficient (Wildman–Crippen LogP) is 3.32. The van der Waals surface area contributed by atoms with Crippen LogP contribution in [0.3, 0.4) is 0 Å². The summed E-state index contributed by atoms with van der Waals surface area (Å²) in [5.41, 5.74) is 4.29. The number of hydrogen-bond acceptors (Lipinski definition) is 3. The average molecular weight is 276 g/mol. The van der Waals surface area contributed by atoms with Crippen molar-refractivity contribution in [2.24, 2.45) is 0 Å². The number of benzene rings is 1. The lowest BCUT2D eigenvalue weighted by Gasteiger charge is -2.20. The maximum absolute atomic E-state index is 11.2. The Kier molecular flexibility index (Phi) is 2.44. The number of allylic oxidation sites excluding steroid dienone is 3. The fraction of sp³-hybridized carbons (Fsp3) is 0.0588. The van der Waals surface area contributed by atoms with Gasteiger partial charge in [0.05, 0.1) is 16.8 Å². The third kappa shape index (κ3) is 1.76. The molecule has 4 nitrogen and oxygen atoms in total. The first-order valence-corrected chi connectivity index (χ1v) is 6.72. The highest BCUT2D eigenvalue weighted by Gasteiger charge is 2.26. The van der Waals surface area contributed by atoms with E-state index in [1.54, 1.807) is 12.4 Å². The third-order valence-electron chi connectivity index (χ3n) is 3.84. The Bertz CT molecular complexity index is 862. The van der Waals surface area contributed by atoms with Gasteiger partial charge in [-0.05, 0) is 18.2 Å².